The summed E-state index contributed by atoms with van der Waals surface area (Å²) in [6, 6.07) is 2.28. The van der Waals surface area contributed by atoms with Gasteiger partial charge in [-0.3, -0.25) is 0 Å². The van der Waals surface area contributed by atoms with E-state index in [0.29, 0.717) is 30.4 Å². The Bertz CT molecular complexity index is 466. The van der Waals surface area contributed by atoms with E-state index in [1.807, 2.05) is 6.07 Å². The lowest BCUT2D eigenvalue weighted by molar-refractivity contribution is -0.00902. The Balaban J connectivity index is 1.86. The summed E-state index contributed by atoms with van der Waals surface area (Å²) in [6.45, 7) is 2.01. The minimum absolute atomic E-state index is 0.333. The summed E-state index contributed by atoms with van der Waals surface area (Å²) in [5.41, 5.74) is 5.90. The molecule has 1 saturated carbocycles. The molecule has 0 spiro atoms. The quantitative estimate of drug-likeness (QED) is 0.899. The normalized spacial score (nSPS) is 26.4. The lowest BCUT2D eigenvalue weighted by atomic mass is 9.90. The number of nitrogens with zero attached hydrogens (tertiary/aromatic N) is 3. The van der Waals surface area contributed by atoms with Gasteiger partial charge < -0.3 is 20.1 Å². The number of hydrogen-bond donors (Lipinski definition) is 1. The van der Waals surface area contributed by atoms with Crippen molar-refractivity contribution in [2.24, 2.45) is 0 Å². The van der Waals surface area contributed by atoms with Crippen LogP contribution in [-0.2, 0) is 16.1 Å². The van der Waals surface area contributed by atoms with E-state index in [-0.39, 0.29) is 0 Å². The summed E-state index contributed by atoms with van der Waals surface area (Å²) >= 11 is 0. The van der Waals surface area contributed by atoms with E-state index in [0.717, 1.165) is 31.8 Å². The topological polar surface area (TPSA) is 73.5 Å². The molecule has 2 heterocycles. The minimum Gasteiger partial charge on any atom is -0.384 e. The fraction of sp³-hybridized carbons (Fsp3) is 0.714. The molecule has 2 unspecified atom stereocenters. The first-order valence-corrected chi connectivity index (χ1v) is 7.28. The van der Waals surface area contributed by atoms with Crippen molar-refractivity contribution in [3.8, 4) is 0 Å². The third-order valence-electron chi connectivity index (χ3n) is 4.08. The summed E-state index contributed by atoms with van der Waals surface area (Å²) < 4.78 is 11.0. The standard InChI is InChI=1S/C14H22N4O2/c1-19-9-13-16-12(15)8-14(17-13)18-6-7-20-11-5-3-2-4-10(11)18/h8,10-11H,2-7,9H2,1H3,(H2,15,16,17). The highest BCUT2D eigenvalue weighted by molar-refractivity contribution is 5.48. The molecule has 1 aromatic heterocycles. The number of anilines is 2. The maximum atomic E-state index is 5.90. The Morgan fingerprint density at radius 2 is 2.25 bits per heavy atom. The summed E-state index contributed by atoms with van der Waals surface area (Å²) in [5, 5.41) is 0. The van der Waals surface area contributed by atoms with Crippen LogP contribution in [0.4, 0.5) is 11.6 Å². The van der Waals surface area contributed by atoms with Crippen LogP contribution in [0.5, 0.6) is 0 Å². The third-order valence-corrected chi connectivity index (χ3v) is 4.08. The van der Waals surface area contributed by atoms with E-state index >= 15 is 0 Å². The zero-order chi connectivity index (χ0) is 13.9. The predicted molar refractivity (Wildman–Crippen MR) is 76.5 cm³/mol. The Morgan fingerprint density at radius 3 is 3.10 bits per heavy atom. The first-order chi connectivity index (χ1) is 9.78. The number of hydrogen-bond acceptors (Lipinski definition) is 6. The average molecular weight is 278 g/mol. The zero-order valence-electron chi connectivity index (χ0n) is 11.9. The number of rotatable bonds is 3. The Kier molecular flexibility index (Phi) is 4.03. The van der Waals surface area contributed by atoms with Gasteiger partial charge in [-0.1, -0.05) is 12.8 Å². The lowest BCUT2D eigenvalue weighted by Crippen LogP contribution is -2.53. The smallest absolute Gasteiger partial charge is 0.158 e. The van der Waals surface area contributed by atoms with Crippen molar-refractivity contribution in [3.05, 3.63) is 11.9 Å². The van der Waals surface area contributed by atoms with Crippen molar-refractivity contribution in [1.82, 2.24) is 9.97 Å². The van der Waals surface area contributed by atoms with Gasteiger partial charge in [-0.15, -0.1) is 0 Å². The highest BCUT2D eigenvalue weighted by atomic mass is 16.5. The average Bonchev–Trinajstić information content (AvgIpc) is 2.46. The molecule has 2 N–H and O–H groups in total. The Hall–Kier alpha value is -1.40. The number of fused-ring (bicyclic) bond motifs is 1. The molecule has 1 saturated heterocycles. The van der Waals surface area contributed by atoms with Crippen LogP contribution in [-0.4, -0.2) is 42.4 Å². The molecule has 2 aliphatic rings. The molecule has 0 bridgehead atoms. The van der Waals surface area contributed by atoms with Crippen molar-refractivity contribution < 1.29 is 9.47 Å². The zero-order valence-corrected chi connectivity index (χ0v) is 11.9. The van der Waals surface area contributed by atoms with Crippen molar-refractivity contribution in [3.63, 3.8) is 0 Å². The van der Waals surface area contributed by atoms with Gasteiger partial charge in [0.05, 0.1) is 18.8 Å². The van der Waals surface area contributed by atoms with E-state index in [1.54, 1.807) is 7.11 Å². The molecule has 1 aliphatic heterocycles. The molecule has 3 rings (SSSR count). The van der Waals surface area contributed by atoms with E-state index in [9.17, 15) is 0 Å². The highest BCUT2D eigenvalue weighted by Gasteiger charge is 2.35. The number of nitrogens with two attached hydrogens (primary N) is 1. The number of aromatic nitrogens is 2. The molecule has 1 aliphatic carbocycles. The van der Waals surface area contributed by atoms with Crippen LogP contribution < -0.4 is 10.6 Å². The summed E-state index contributed by atoms with van der Waals surface area (Å²) in [6.07, 6.45) is 5.16. The number of nitrogen functional groups attached to an aromatic ring is 1. The first-order valence-electron chi connectivity index (χ1n) is 7.28. The van der Waals surface area contributed by atoms with Gasteiger partial charge in [-0.25, -0.2) is 9.97 Å². The fourth-order valence-corrected chi connectivity index (χ4v) is 3.22. The molecule has 2 fully saturated rings. The van der Waals surface area contributed by atoms with Crippen molar-refractivity contribution in [1.29, 1.82) is 0 Å². The van der Waals surface area contributed by atoms with Crippen molar-refractivity contribution in [2.75, 3.05) is 30.9 Å². The highest BCUT2D eigenvalue weighted by Crippen LogP contribution is 2.31. The van der Waals surface area contributed by atoms with Crippen molar-refractivity contribution in [2.45, 2.75) is 44.4 Å². The van der Waals surface area contributed by atoms with Crippen LogP contribution in [0, 0.1) is 0 Å². The van der Waals surface area contributed by atoms with Gasteiger partial charge in [-0.2, -0.15) is 0 Å². The Morgan fingerprint density at radius 1 is 1.40 bits per heavy atom. The fourth-order valence-electron chi connectivity index (χ4n) is 3.22. The van der Waals surface area contributed by atoms with Crippen molar-refractivity contribution >= 4 is 11.6 Å². The van der Waals surface area contributed by atoms with E-state index in [1.165, 1.54) is 12.8 Å². The molecular formula is C14H22N4O2. The number of ether oxygens (including phenoxy) is 2. The maximum Gasteiger partial charge on any atom is 0.158 e. The second-order valence-electron chi connectivity index (χ2n) is 5.45. The van der Waals surface area contributed by atoms with Gasteiger partial charge in [0.2, 0.25) is 0 Å². The van der Waals surface area contributed by atoms with Gasteiger partial charge >= 0.3 is 0 Å². The van der Waals surface area contributed by atoms with Crippen LogP contribution in [0.3, 0.4) is 0 Å². The number of morpholine rings is 1. The maximum absolute atomic E-state index is 5.90. The van der Waals surface area contributed by atoms with Gasteiger partial charge in [0.25, 0.3) is 0 Å². The molecular weight excluding hydrogens is 256 g/mol. The molecule has 0 amide bonds. The van der Waals surface area contributed by atoms with Crippen LogP contribution >= 0.6 is 0 Å². The van der Waals surface area contributed by atoms with Gasteiger partial charge in [0.1, 0.15) is 18.2 Å². The van der Waals surface area contributed by atoms with E-state index in [2.05, 4.69) is 14.9 Å². The monoisotopic (exact) mass is 278 g/mol. The number of methoxy groups -OCH3 is 1. The Labute approximate surface area is 119 Å². The third kappa shape index (κ3) is 2.71. The molecule has 6 heteroatoms. The van der Waals surface area contributed by atoms with Crippen LogP contribution in [0.2, 0.25) is 0 Å². The summed E-state index contributed by atoms with van der Waals surface area (Å²) in [4.78, 5) is 11.1. The summed E-state index contributed by atoms with van der Waals surface area (Å²) in [5.74, 6) is 2.05. The van der Waals surface area contributed by atoms with Gasteiger partial charge in [0.15, 0.2) is 5.82 Å². The molecule has 6 nitrogen and oxygen atoms in total. The molecule has 2 atom stereocenters. The second kappa shape index (κ2) is 5.93. The molecule has 0 aromatic carbocycles. The lowest BCUT2D eigenvalue weighted by Gasteiger charge is -2.44. The van der Waals surface area contributed by atoms with Crippen LogP contribution in [0.25, 0.3) is 0 Å². The van der Waals surface area contributed by atoms with Crippen LogP contribution in [0.15, 0.2) is 6.07 Å². The first kappa shape index (κ1) is 13.6. The van der Waals surface area contributed by atoms with Crippen LogP contribution in [0.1, 0.15) is 31.5 Å². The molecule has 110 valence electrons. The molecule has 1 aromatic rings. The van der Waals surface area contributed by atoms with Gasteiger partial charge in [-0.05, 0) is 12.8 Å². The summed E-state index contributed by atoms with van der Waals surface area (Å²) in [7, 11) is 1.64. The minimum atomic E-state index is 0.333. The molecule has 20 heavy (non-hydrogen) atoms. The second-order valence-corrected chi connectivity index (χ2v) is 5.45. The van der Waals surface area contributed by atoms with Gasteiger partial charge in [0, 0.05) is 19.7 Å². The van der Waals surface area contributed by atoms with E-state index < -0.39 is 0 Å². The largest absolute Gasteiger partial charge is 0.384 e. The SMILES string of the molecule is COCc1nc(N)cc(N2CCOC3CCCCC32)n1. The predicted octanol–water partition coefficient (Wildman–Crippen LogP) is 1.35. The molecule has 0 radical (unpaired) electrons. The van der Waals surface area contributed by atoms with E-state index in [4.69, 9.17) is 15.2 Å².